The van der Waals surface area contributed by atoms with Crippen LogP contribution in [-0.2, 0) is 17.9 Å². The minimum Gasteiger partial charge on any atom is -0.389 e. The zero-order valence-electron chi connectivity index (χ0n) is 10.8. The number of hydrogen-bond acceptors (Lipinski definition) is 4. The molecule has 0 bridgehead atoms. The van der Waals surface area contributed by atoms with E-state index in [1.165, 1.54) is 10.4 Å². The SMILES string of the molecule is OC(CNCc1ccccc1)COCc1cccs1. The Morgan fingerprint density at radius 3 is 2.74 bits per heavy atom. The molecular formula is C15H19NO2S. The topological polar surface area (TPSA) is 41.5 Å². The fourth-order valence-corrected chi connectivity index (χ4v) is 2.37. The third kappa shape index (κ3) is 5.53. The molecule has 1 unspecified atom stereocenters. The highest BCUT2D eigenvalue weighted by Crippen LogP contribution is 2.09. The minimum absolute atomic E-state index is 0.361. The first-order valence-electron chi connectivity index (χ1n) is 6.37. The van der Waals surface area contributed by atoms with E-state index < -0.39 is 6.10 Å². The van der Waals surface area contributed by atoms with E-state index in [2.05, 4.69) is 17.4 Å². The van der Waals surface area contributed by atoms with Crippen molar-refractivity contribution in [3.63, 3.8) is 0 Å². The van der Waals surface area contributed by atoms with E-state index in [1.807, 2.05) is 35.7 Å². The number of thiophene rings is 1. The van der Waals surface area contributed by atoms with Crippen LogP contribution in [0.15, 0.2) is 47.8 Å². The van der Waals surface area contributed by atoms with E-state index in [1.54, 1.807) is 11.3 Å². The molecule has 0 fully saturated rings. The molecule has 2 rings (SSSR count). The molecule has 0 radical (unpaired) electrons. The summed E-state index contributed by atoms with van der Waals surface area (Å²) in [5.74, 6) is 0. The molecule has 0 saturated carbocycles. The molecule has 1 heterocycles. The van der Waals surface area contributed by atoms with Gasteiger partial charge in [-0.25, -0.2) is 0 Å². The lowest BCUT2D eigenvalue weighted by Crippen LogP contribution is -2.30. The van der Waals surface area contributed by atoms with Crippen molar-refractivity contribution in [1.29, 1.82) is 0 Å². The summed E-state index contributed by atoms with van der Waals surface area (Å²) >= 11 is 1.67. The Kier molecular flexibility index (Phi) is 6.04. The molecule has 0 saturated heterocycles. The molecule has 1 aromatic carbocycles. The first kappa shape index (κ1) is 14.2. The molecule has 0 aliphatic rings. The van der Waals surface area contributed by atoms with Gasteiger partial charge in [-0.3, -0.25) is 0 Å². The third-order valence-electron chi connectivity index (χ3n) is 2.69. The normalized spacial score (nSPS) is 12.5. The van der Waals surface area contributed by atoms with E-state index >= 15 is 0 Å². The average Bonchev–Trinajstić information content (AvgIpc) is 2.93. The second-order valence-electron chi connectivity index (χ2n) is 4.36. The predicted molar refractivity (Wildman–Crippen MR) is 78.1 cm³/mol. The molecule has 4 heteroatoms. The fraction of sp³-hybridized carbons (Fsp3) is 0.333. The molecule has 102 valence electrons. The van der Waals surface area contributed by atoms with Crippen LogP contribution in [0.1, 0.15) is 10.4 Å². The Hall–Kier alpha value is -1.20. The summed E-state index contributed by atoms with van der Waals surface area (Å²) in [4.78, 5) is 1.18. The smallest absolute Gasteiger partial charge is 0.0897 e. The summed E-state index contributed by atoms with van der Waals surface area (Å²) in [6.07, 6.45) is -0.469. The van der Waals surface area contributed by atoms with E-state index in [4.69, 9.17) is 4.74 Å². The third-order valence-corrected chi connectivity index (χ3v) is 3.54. The van der Waals surface area contributed by atoms with Crippen molar-refractivity contribution >= 4 is 11.3 Å². The standard InChI is InChI=1S/C15H19NO2S/c17-14(11-18-12-15-7-4-8-19-15)10-16-9-13-5-2-1-3-6-13/h1-8,14,16-17H,9-12H2. The number of rotatable bonds is 8. The van der Waals surface area contributed by atoms with Crippen LogP contribution in [-0.4, -0.2) is 24.4 Å². The molecule has 2 N–H and O–H groups in total. The molecule has 2 aromatic rings. The van der Waals surface area contributed by atoms with Crippen LogP contribution in [0.5, 0.6) is 0 Å². The summed E-state index contributed by atoms with van der Waals surface area (Å²) in [6, 6.07) is 14.2. The maximum Gasteiger partial charge on any atom is 0.0897 e. The highest BCUT2D eigenvalue weighted by molar-refractivity contribution is 7.09. The minimum atomic E-state index is -0.469. The van der Waals surface area contributed by atoms with Gasteiger partial charge in [0.2, 0.25) is 0 Å². The van der Waals surface area contributed by atoms with Gasteiger partial charge in [0.15, 0.2) is 0 Å². The number of nitrogens with one attached hydrogen (secondary N) is 1. The molecule has 1 atom stereocenters. The summed E-state index contributed by atoms with van der Waals surface area (Å²) in [5, 5.41) is 15.0. The van der Waals surface area contributed by atoms with E-state index in [9.17, 15) is 5.11 Å². The summed E-state index contributed by atoms with van der Waals surface area (Å²) in [5.41, 5.74) is 1.22. The Morgan fingerprint density at radius 2 is 2.00 bits per heavy atom. The molecular weight excluding hydrogens is 258 g/mol. The van der Waals surface area contributed by atoms with Gasteiger partial charge in [0.1, 0.15) is 0 Å². The summed E-state index contributed by atoms with van der Waals surface area (Å²) in [6.45, 7) is 2.25. The molecule has 1 aromatic heterocycles. The Morgan fingerprint density at radius 1 is 1.16 bits per heavy atom. The first-order valence-corrected chi connectivity index (χ1v) is 7.25. The quantitative estimate of drug-likeness (QED) is 0.778. The number of aliphatic hydroxyl groups excluding tert-OH is 1. The Balaban J connectivity index is 1.56. The van der Waals surface area contributed by atoms with Crippen LogP contribution in [0.2, 0.25) is 0 Å². The van der Waals surface area contributed by atoms with Crippen LogP contribution in [0, 0.1) is 0 Å². The maximum absolute atomic E-state index is 9.77. The summed E-state index contributed by atoms with van der Waals surface area (Å²) < 4.78 is 5.46. The summed E-state index contributed by atoms with van der Waals surface area (Å²) in [7, 11) is 0. The van der Waals surface area contributed by atoms with Gasteiger partial charge in [0.25, 0.3) is 0 Å². The van der Waals surface area contributed by atoms with Gasteiger partial charge in [-0.05, 0) is 17.0 Å². The van der Waals surface area contributed by atoms with Gasteiger partial charge in [0, 0.05) is 18.0 Å². The van der Waals surface area contributed by atoms with Crippen molar-refractivity contribution in [3.8, 4) is 0 Å². The molecule has 3 nitrogen and oxygen atoms in total. The second kappa shape index (κ2) is 8.07. The van der Waals surface area contributed by atoms with Gasteiger partial charge >= 0.3 is 0 Å². The molecule has 0 aliphatic carbocycles. The van der Waals surface area contributed by atoms with Gasteiger partial charge < -0.3 is 15.2 Å². The predicted octanol–water partition coefficient (Wildman–Crippen LogP) is 2.42. The van der Waals surface area contributed by atoms with Gasteiger partial charge in [0.05, 0.1) is 19.3 Å². The number of aliphatic hydroxyl groups is 1. The highest BCUT2D eigenvalue weighted by atomic mass is 32.1. The van der Waals surface area contributed by atoms with Crippen LogP contribution in [0.3, 0.4) is 0 Å². The fourth-order valence-electron chi connectivity index (χ4n) is 1.73. The van der Waals surface area contributed by atoms with E-state index in [-0.39, 0.29) is 0 Å². The molecule has 0 aliphatic heterocycles. The highest BCUT2D eigenvalue weighted by Gasteiger charge is 2.04. The van der Waals surface area contributed by atoms with Crippen LogP contribution in [0.4, 0.5) is 0 Å². The van der Waals surface area contributed by atoms with Crippen molar-refractivity contribution in [2.45, 2.75) is 19.3 Å². The molecule has 0 spiro atoms. The lowest BCUT2D eigenvalue weighted by atomic mass is 10.2. The monoisotopic (exact) mass is 277 g/mol. The van der Waals surface area contributed by atoms with Crippen molar-refractivity contribution in [1.82, 2.24) is 5.32 Å². The second-order valence-corrected chi connectivity index (χ2v) is 5.40. The molecule has 0 amide bonds. The molecule has 19 heavy (non-hydrogen) atoms. The van der Waals surface area contributed by atoms with Gasteiger partial charge in [-0.15, -0.1) is 11.3 Å². The number of hydrogen-bond donors (Lipinski definition) is 2. The van der Waals surface area contributed by atoms with Crippen molar-refractivity contribution in [2.24, 2.45) is 0 Å². The van der Waals surface area contributed by atoms with Crippen molar-refractivity contribution in [3.05, 3.63) is 58.3 Å². The average molecular weight is 277 g/mol. The lowest BCUT2D eigenvalue weighted by Gasteiger charge is -2.12. The van der Waals surface area contributed by atoms with E-state index in [0.29, 0.717) is 19.8 Å². The van der Waals surface area contributed by atoms with Crippen LogP contribution >= 0.6 is 11.3 Å². The number of ether oxygens (including phenoxy) is 1. The first-order chi connectivity index (χ1) is 9.34. The van der Waals surface area contributed by atoms with Gasteiger partial charge in [-0.2, -0.15) is 0 Å². The Labute approximate surface area is 117 Å². The van der Waals surface area contributed by atoms with Crippen LogP contribution in [0.25, 0.3) is 0 Å². The lowest BCUT2D eigenvalue weighted by molar-refractivity contribution is 0.0297. The van der Waals surface area contributed by atoms with Crippen molar-refractivity contribution < 1.29 is 9.84 Å². The van der Waals surface area contributed by atoms with Crippen molar-refractivity contribution in [2.75, 3.05) is 13.2 Å². The van der Waals surface area contributed by atoms with Crippen LogP contribution < -0.4 is 5.32 Å². The van der Waals surface area contributed by atoms with E-state index in [0.717, 1.165) is 6.54 Å². The maximum atomic E-state index is 9.77. The number of benzene rings is 1. The van der Waals surface area contributed by atoms with Gasteiger partial charge in [-0.1, -0.05) is 36.4 Å². The largest absolute Gasteiger partial charge is 0.389 e. The zero-order valence-corrected chi connectivity index (χ0v) is 11.6. The zero-order chi connectivity index (χ0) is 13.3. The Bertz CT molecular complexity index is 444.